The average molecular weight is 318 g/mol. The highest BCUT2D eigenvalue weighted by molar-refractivity contribution is 7.80. The molecule has 0 bridgehead atoms. The largest absolute Gasteiger partial charge is 0.318 e. The number of amides is 1. The second kappa shape index (κ2) is 5.76. The lowest BCUT2D eigenvalue weighted by Crippen LogP contribution is -2.13. The van der Waals surface area contributed by atoms with E-state index in [-0.39, 0.29) is 21.2 Å². The van der Waals surface area contributed by atoms with E-state index in [1.807, 2.05) is 0 Å². The van der Waals surface area contributed by atoms with E-state index in [1.54, 1.807) is 0 Å². The molecule has 1 amide bonds. The van der Waals surface area contributed by atoms with Crippen LogP contribution in [0.15, 0.2) is 35.2 Å². The number of halogens is 4. The maximum absolute atomic E-state index is 13.5. The molecule has 0 aliphatic carbocycles. The molecule has 0 atom stereocenters. The van der Waals surface area contributed by atoms with Gasteiger partial charge in [0.25, 0.3) is 5.91 Å². The Labute approximate surface area is 123 Å². The van der Waals surface area contributed by atoms with Gasteiger partial charge < -0.3 is 5.32 Å². The third-order valence-corrected chi connectivity index (χ3v) is 3.09. The molecule has 2 nitrogen and oxygen atoms in total. The average Bonchev–Trinajstić information content (AvgIpc) is 2.36. The van der Waals surface area contributed by atoms with E-state index in [9.17, 15) is 18.0 Å². The number of thiol groups is 1. The predicted molar refractivity (Wildman–Crippen MR) is 73.0 cm³/mol. The van der Waals surface area contributed by atoms with Gasteiger partial charge in [-0.2, -0.15) is 0 Å². The summed E-state index contributed by atoms with van der Waals surface area (Å²) in [6.07, 6.45) is 0. The summed E-state index contributed by atoms with van der Waals surface area (Å²) in [6.45, 7) is 0. The van der Waals surface area contributed by atoms with E-state index >= 15 is 0 Å². The van der Waals surface area contributed by atoms with Crippen LogP contribution in [0.2, 0.25) is 5.02 Å². The van der Waals surface area contributed by atoms with E-state index in [2.05, 4.69) is 17.9 Å². The van der Waals surface area contributed by atoms with Crippen LogP contribution >= 0.6 is 24.2 Å². The normalized spacial score (nSPS) is 10.4. The number of nitrogens with one attached hydrogen (secondary N) is 1. The molecule has 0 heterocycles. The van der Waals surface area contributed by atoms with Gasteiger partial charge in [-0.15, -0.1) is 12.6 Å². The van der Waals surface area contributed by atoms with Crippen molar-refractivity contribution in [1.82, 2.24) is 0 Å². The lowest BCUT2D eigenvalue weighted by Gasteiger charge is -2.09. The number of rotatable bonds is 2. The van der Waals surface area contributed by atoms with Crippen LogP contribution in [-0.2, 0) is 0 Å². The summed E-state index contributed by atoms with van der Waals surface area (Å²) >= 11 is 9.49. The summed E-state index contributed by atoms with van der Waals surface area (Å²) < 4.78 is 39.4. The first-order chi connectivity index (χ1) is 9.38. The summed E-state index contributed by atoms with van der Waals surface area (Å²) in [5.41, 5.74) is -0.278. The molecule has 0 saturated carbocycles. The first kappa shape index (κ1) is 14.7. The molecule has 0 unspecified atom stereocenters. The molecule has 104 valence electrons. The highest BCUT2D eigenvalue weighted by Gasteiger charge is 2.15. The zero-order valence-corrected chi connectivity index (χ0v) is 11.4. The predicted octanol–water partition coefficient (Wildman–Crippen LogP) is 4.30. The maximum Gasteiger partial charge on any atom is 0.255 e. The highest BCUT2D eigenvalue weighted by atomic mass is 35.5. The van der Waals surface area contributed by atoms with Crippen LogP contribution in [0.5, 0.6) is 0 Å². The Morgan fingerprint density at radius 3 is 2.40 bits per heavy atom. The molecule has 1 N–H and O–H groups in total. The molecular formula is C13H7ClF3NOS. The molecule has 0 aliphatic rings. The van der Waals surface area contributed by atoms with Gasteiger partial charge in [0.1, 0.15) is 11.6 Å². The van der Waals surface area contributed by atoms with Crippen molar-refractivity contribution >= 4 is 35.8 Å². The van der Waals surface area contributed by atoms with Crippen LogP contribution in [0.1, 0.15) is 10.4 Å². The molecule has 2 aromatic rings. The van der Waals surface area contributed by atoms with Gasteiger partial charge in [-0.25, -0.2) is 13.2 Å². The lowest BCUT2D eigenvalue weighted by atomic mass is 10.2. The summed E-state index contributed by atoms with van der Waals surface area (Å²) in [5.74, 6) is -3.16. The van der Waals surface area contributed by atoms with Gasteiger partial charge in [0.2, 0.25) is 0 Å². The van der Waals surface area contributed by atoms with Crippen molar-refractivity contribution in [2.24, 2.45) is 0 Å². The van der Waals surface area contributed by atoms with Crippen molar-refractivity contribution in [3.63, 3.8) is 0 Å². The smallest absolute Gasteiger partial charge is 0.255 e. The van der Waals surface area contributed by atoms with Gasteiger partial charge in [0.05, 0.1) is 10.7 Å². The van der Waals surface area contributed by atoms with E-state index < -0.39 is 23.4 Å². The molecule has 0 saturated heterocycles. The highest BCUT2D eigenvalue weighted by Crippen LogP contribution is 2.27. The Balaban J connectivity index is 2.30. The Morgan fingerprint density at radius 2 is 1.80 bits per heavy atom. The van der Waals surface area contributed by atoms with Crippen LogP contribution in [0.4, 0.5) is 18.9 Å². The summed E-state index contributed by atoms with van der Waals surface area (Å²) in [5, 5.41) is 1.93. The molecule has 7 heteroatoms. The van der Waals surface area contributed by atoms with Crippen LogP contribution in [0, 0.1) is 17.5 Å². The molecule has 0 radical (unpaired) electrons. The monoisotopic (exact) mass is 317 g/mol. The number of carbonyl (C=O) groups excluding carboxylic acids is 1. The zero-order valence-electron chi connectivity index (χ0n) is 9.75. The van der Waals surface area contributed by atoms with Gasteiger partial charge in [0, 0.05) is 16.5 Å². The molecule has 2 rings (SSSR count). The number of benzene rings is 2. The number of hydrogen-bond acceptors (Lipinski definition) is 2. The van der Waals surface area contributed by atoms with Crippen molar-refractivity contribution < 1.29 is 18.0 Å². The summed E-state index contributed by atoms with van der Waals surface area (Å²) in [7, 11) is 0. The van der Waals surface area contributed by atoms with Crippen molar-refractivity contribution in [3.8, 4) is 0 Å². The van der Waals surface area contributed by atoms with E-state index in [4.69, 9.17) is 11.6 Å². The second-order valence-electron chi connectivity index (χ2n) is 3.86. The molecule has 20 heavy (non-hydrogen) atoms. The third-order valence-electron chi connectivity index (χ3n) is 2.45. The van der Waals surface area contributed by atoms with Crippen molar-refractivity contribution in [2.75, 3.05) is 5.32 Å². The van der Waals surface area contributed by atoms with Crippen molar-refractivity contribution in [2.45, 2.75) is 4.90 Å². The SMILES string of the molecule is O=C(Nc1c(F)cc(F)cc1Cl)c1ccc(F)c(S)c1. The second-order valence-corrected chi connectivity index (χ2v) is 4.75. The minimum Gasteiger partial charge on any atom is -0.318 e. The summed E-state index contributed by atoms with van der Waals surface area (Å²) in [6, 6.07) is 4.91. The van der Waals surface area contributed by atoms with Crippen molar-refractivity contribution in [3.05, 3.63) is 58.4 Å². The van der Waals surface area contributed by atoms with Gasteiger partial charge in [-0.05, 0) is 24.3 Å². The maximum atomic E-state index is 13.5. The molecule has 0 aromatic heterocycles. The van der Waals surface area contributed by atoms with E-state index in [0.717, 1.165) is 12.1 Å². The molecule has 0 fully saturated rings. The third kappa shape index (κ3) is 3.08. The lowest BCUT2D eigenvalue weighted by molar-refractivity contribution is 0.102. The molecule has 0 spiro atoms. The number of carbonyl (C=O) groups is 1. The molecule has 0 aliphatic heterocycles. The molecule has 2 aromatic carbocycles. The Hall–Kier alpha value is -1.66. The van der Waals surface area contributed by atoms with Crippen LogP contribution in [-0.4, -0.2) is 5.91 Å². The number of hydrogen-bond donors (Lipinski definition) is 2. The van der Waals surface area contributed by atoms with E-state index in [1.165, 1.54) is 12.1 Å². The molecular weight excluding hydrogens is 311 g/mol. The zero-order chi connectivity index (χ0) is 14.9. The minimum absolute atomic E-state index is 0.0247. The fourth-order valence-electron chi connectivity index (χ4n) is 1.50. The Kier molecular flexibility index (Phi) is 4.25. The van der Waals surface area contributed by atoms with Gasteiger partial charge in [-0.1, -0.05) is 11.6 Å². The standard InChI is InChI=1S/C13H7ClF3NOS/c14-8-4-7(15)5-10(17)12(8)18-13(19)6-1-2-9(16)11(20)3-6/h1-5,20H,(H,18,19). The number of anilines is 1. The fourth-order valence-corrected chi connectivity index (χ4v) is 1.96. The van der Waals surface area contributed by atoms with Crippen LogP contribution < -0.4 is 5.32 Å². The van der Waals surface area contributed by atoms with E-state index in [0.29, 0.717) is 6.07 Å². The van der Waals surface area contributed by atoms with Gasteiger partial charge in [0.15, 0.2) is 5.82 Å². The minimum atomic E-state index is -1.00. The first-order valence-corrected chi connectivity index (χ1v) is 6.15. The van der Waals surface area contributed by atoms with Crippen LogP contribution in [0.25, 0.3) is 0 Å². The first-order valence-electron chi connectivity index (χ1n) is 5.33. The Bertz CT molecular complexity index is 670. The van der Waals surface area contributed by atoms with Crippen molar-refractivity contribution in [1.29, 1.82) is 0 Å². The quantitative estimate of drug-likeness (QED) is 0.795. The van der Waals surface area contributed by atoms with Gasteiger partial charge in [-0.3, -0.25) is 4.79 Å². The topological polar surface area (TPSA) is 29.1 Å². The van der Waals surface area contributed by atoms with Crippen LogP contribution in [0.3, 0.4) is 0 Å². The Morgan fingerprint density at radius 1 is 1.10 bits per heavy atom. The van der Waals surface area contributed by atoms with Gasteiger partial charge >= 0.3 is 0 Å². The summed E-state index contributed by atoms with van der Waals surface area (Å²) in [4.78, 5) is 11.9. The fraction of sp³-hybridized carbons (Fsp3) is 0.